The molecule has 0 saturated carbocycles. The number of nitriles is 1. The highest BCUT2D eigenvalue weighted by molar-refractivity contribution is 6.30. The van der Waals surface area contributed by atoms with Crippen LogP contribution in [0.15, 0.2) is 12.1 Å². The molecule has 68 valence electrons. The molecule has 0 saturated heterocycles. The third-order valence-electron chi connectivity index (χ3n) is 2.05. The highest BCUT2D eigenvalue weighted by Gasteiger charge is 2.10. The second kappa shape index (κ2) is 3.81. The Morgan fingerprint density at radius 2 is 2.00 bits per heavy atom. The van der Waals surface area contributed by atoms with Crippen molar-refractivity contribution in [2.45, 2.75) is 26.7 Å². The van der Waals surface area contributed by atoms with Crippen molar-refractivity contribution in [2.24, 2.45) is 0 Å². The Bertz CT molecular complexity index is 361. The van der Waals surface area contributed by atoms with Crippen LogP contribution in [-0.4, -0.2) is 0 Å². The molecule has 0 aliphatic carbocycles. The van der Waals surface area contributed by atoms with Crippen molar-refractivity contribution in [3.05, 3.63) is 33.8 Å². The van der Waals surface area contributed by atoms with E-state index in [9.17, 15) is 0 Å². The molecule has 0 unspecified atom stereocenters. The number of hydrogen-bond acceptors (Lipinski definition) is 1. The van der Waals surface area contributed by atoms with Gasteiger partial charge in [0.05, 0.1) is 11.6 Å². The van der Waals surface area contributed by atoms with E-state index in [4.69, 9.17) is 16.9 Å². The van der Waals surface area contributed by atoms with Gasteiger partial charge in [-0.2, -0.15) is 5.26 Å². The quantitative estimate of drug-likeness (QED) is 0.668. The minimum Gasteiger partial charge on any atom is -0.192 e. The van der Waals surface area contributed by atoms with Gasteiger partial charge in [-0.15, -0.1) is 0 Å². The molecule has 0 aliphatic rings. The lowest BCUT2D eigenvalue weighted by molar-refractivity contribution is 0.852. The van der Waals surface area contributed by atoms with E-state index in [1.54, 1.807) is 6.07 Å². The predicted molar refractivity (Wildman–Crippen MR) is 55.0 cm³/mol. The summed E-state index contributed by atoms with van der Waals surface area (Å²) in [5.74, 6) is 0.368. The van der Waals surface area contributed by atoms with Crippen LogP contribution in [0.2, 0.25) is 5.02 Å². The minimum absolute atomic E-state index is 0.368. The average Bonchev–Trinajstić information content (AvgIpc) is 2.01. The third-order valence-corrected chi connectivity index (χ3v) is 2.27. The van der Waals surface area contributed by atoms with Crippen LogP contribution in [-0.2, 0) is 0 Å². The van der Waals surface area contributed by atoms with Crippen molar-refractivity contribution in [3.8, 4) is 6.07 Å². The summed E-state index contributed by atoms with van der Waals surface area (Å²) >= 11 is 5.85. The topological polar surface area (TPSA) is 23.8 Å². The maximum atomic E-state index is 8.91. The molecule has 0 aliphatic heterocycles. The number of benzene rings is 1. The summed E-state index contributed by atoms with van der Waals surface area (Å²) in [6.07, 6.45) is 0. The Hall–Kier alpha value is -1.00. The van der Waals surface area contributed by atoms with Gasteiger partial charge in [-0.1, -0.05) is 25.4 Å². The SMILES string of the molecule is Cc1cc(Cl)cc(C#N)c1C(C)C. The molecule has 0 heterocycles. The van der Waals surface area contributed by atoms with Gasteiger partial charge in [0.15, 0.2) is 0 Å². The van der Waals surface area contributed by atoms with E-state index >= 15 is 0 Å². The number of nitrogens with zero attached hydrogens (tertiary/aromatic N) is 1. The van der Waals surface area contributed by atoms with Crippen LogP contribution in [0.1, 0.15) is 36.5 Å². The maximum Gasteiger partial charge on any atom is 0.0995 e. The molecule has 0 bridgehead atoms. The van der Waals surface area contributed by atoms with Crippen LogP contribution < -0.4 is 0 Å². The summed E-state index contributed by atoms with van der Waals surface area (Å²) in [6, 6.07) is 5.80. The molecule has 0 radical (unpaired) electrons. The van der Waals surface area contributed by atoms with Crippen molar-refractivity contribution in [2.75, 3.05) is 0 Å². The molecule has 0 amide bonds. The molecule has 1 aromatic carbocycles. The van der Waals surface area contributed by atoms with Crippen molar-refractivity contribution >= 4 is 11.6 Å². The summed E-state index contributed by atoms with van der Waals surface area (Å²) in [7, 11) is 0. The lowest BCUT2D eigenvalue weighted by Gasteiger charge is -2.11. The lowest BCUT2D eigenvalue weighted by atomic mass is 9.93. The van der Waals surface area contributed by atoms with Crippen LogP contribution >= 0.6 is 11.6 Å². The highest BCUT2D eigenvalue weighted by atomic mass is 35.5. The molecule has 1 aromatic rings. The molecule has 2 heteroatoms. The van der Waals surface area contributed by atoms with E-state index in [0.29, 0.717) is 16.5 Å². The second-order valence-electron chi connectivity index (χ2n) is 3.45. The minimum atomic E-state index is 0.368. The first-order valence-corrected chi connectivity index (χ1v) is 4.64. The van der Waals surface area contributed by atoms with Gasteiger partial charge in [0, 0.05) is 5.02 Å². The zero-order chi connectivity index (χ0) is 10.0. The Morgan fingerprint density at radius 1 is 1.38 bits per heavy atom. The van der Waals surface area contributed by atoms with E-state index in [1.807, 2.05) is 13.0 Å². The van der Waals surface area contributed by atoms with Gasteiger partial charge in [0.2, 0.25) is 0 Å². The maximum absolute atomic E-state index is 8.91. The Kier molecular flexibility index (Phi) is 2.95. The number of aryl methyl sites for hydroxylation is 1. The normalized spacial score (nSPS) is 10.2. The van der Waals surface area contributed by atoms with Crippen LogP contribution in [0.4, 0.5) is 0 Å². The molecule has 1 rings (SSSR count). The van der Waals surface area contributed by atoms with Crippen LogP contribution in [0.5, 0.6) is 0 Å². The van der Waals surface area contributed by atoms with Crippen molar-refractivity contribution in [1.82, 2.24) is 0 Å². The van der Waals surface area contributed by atoms with Gasteiger partial charge >= 0.3 is 0 Å². The summed E-state index contributed by atoms with van der Waals surface area (Å²) < 4.78 is 0. The highest BCUT2D eigenvalue weighted by Crippen LogP contribution is 2.26. The average molecular weight is 194 g/mol. The third kappa shape index (κ3) is 2.02. The van der Waals surface area contributed by atoms with Gasteiger partial charge in [-0.3, -0.25) is 0 Å². The first-order valence-electron chi connectivity index (χ1n) is 4.26. The van der Waals surface area contributed by atoms with Crippen molar-refractivity contribution < 1.29 is 0 Å². The van der Waals surface area contributed by atoms with Crippen LogP contribution in [0.3, 0.4) is 0 Å². The zero-order valence-electron chi connectivity index (χ0n) is 8.06. The second-order valence-corrected chi connectivity index (χ2v) is 3.89. The molecule has 0 spiro atoms. The molecule has 1 nitrogen and oxygen atoms in total. The van der Waals surface area contributed by atoms with Crippen molar-refractivity contribution in [3.63, 3.8) is 0 Å². The fourth-order valence-corrected chi connectivity index (χ4v) is 1.89. The molecule has 0 N–H and O–H groups in total. The fraction of sp³-hybridized carbons (Fsp3) is 0.364. The Balaban J connectivity index is 3.41. The van der Waals surface area contributed by atoms with E-state index in [0.717, 1.165) is 11.1 Å². The lowest BCUT2D eigenvalue weighted by Crippen LogP contribution is -1.96. The summed E-state index contributed by atoms with van der Waals surface area (Å²) in [5.41, 5.74) is 2.89. The van der Waals surface area contributed by atoms with E-state index in [1.165, 1.54) is 0 Å². The van der Waals surface area contributed by atoms with Gasteiger partial charge < -0.3 is 0 Å². The van der Waals surface area contributed by atoms with E-state index in [2.05, 4.69) is 19.9 Å². The molecular weight excluding hydrogens is 182 g/mol. The monoisotopic (exact) mass is 193 g/mol. The van der Waals surface area contributed by atoms with Crippen LogP contribution in [0, 0.1) is 18.3 Å². The predicted octanol–water partition coefficient (Wildman–Crippen LogP) is 3.64. The largest absolute Gasteiger partial charge is 0.192 e. The van der Waals surface area contributed by atoms with Gasteiger partial charge in [-0.25, -0.2) is 0 Å². The standard InChI is InChI=1S/C11H12ClN/c1-7(2)11-8(3)4-10(12)5-9(11)6-13/h4-5,7H,1-3H3. The zero-order valence-corrected chi connectivity index (χ0v) is 8.81. The van der Waals surface area contributed by atoms with Gasteiger partial charge in [0.1, 0.15) is 0 Å². The van der Waals surface area contributed by atoms with Gasteiger partial charge in [0.25, 0.3) is 0 Å². The summed E-state index contributed by atoms with van der Waals surface area (Å²) in [4.78, 5) is 0. The molecule has 0 fully saturated rings. The first kappa shape index (κ1) is 10.1. The summed E-state index contributed by atoms with van der Waals surface area (Å²) in [5, 5.41) is 9.55. The molecular formula is C11H12ClN. The number of rotatable bonds is 1. The summed E-state index contributed by atoms with van der Waals surface area (Å²) in [6.45, 7) is 6.15. The van der Waals surface area contributed by atoms with Crippen molar-refractivity contribution in [1.29, 1.82) is 5.26 Å². The number of halogens is 1. The molecule has 0 aromatic heterocycles. The van der Waals surface area contributed by atoms with Crippen LogP contribution in [0.25, 0.3) is 0 Å². The first-order chi connectivity index (χ1) is 6.06. The Morgan fingerprint density at radius 3 is 2.46 bits per heavy atom. The van der Waals surface area contributed by atoms with E-state index < -0.39 is 0 Å². The fourth-order valence-electron chi connectivity index (χ4n) is 1.61. The molecule has 13 heavy (non-hydrogen) atoms. The Labute approximate surface area is 84.0 Å². The van der Waals surface area contributed by atoms with E-state index in [-0.39, 0.29) is 0 Å². The molecule has 0 atom stereocenters. The van der Waals surface area contributed by atoms with Gasteiger partial charge in [-0.05, 0) is 36.1 Å². The number of hydrogen-bond donors (Lipinski definition) is 0. The smallest absolute Gasteiger partial charge is 0.0995 e.